The summed E-state index contributed by atoms with van der Waals surface area (Å²) in [4.78, 5) is 6.15. The van der Waals surface area contributed by atoms with E-state index in [0.29, 0.717) is 0 Å². The van der Waals surface area contributed by atoms with Crippen LogP contribution >= 0.6 is 0 Å². The fourth-order valence-electron chi connectivity index (χ4n) is 1.12. The van der Waals surface area contributed by atoms with Gasteiger partial charge in [-0.3, -0.25) is 0 Å². The van der Waals surface area contributed by atoms with Gasteiger partial charge in [-0.1, -0.05) is 0 Å². The lowest BCUT2D eigenvalue weighted by molar-refractivity contribution is -0.172. The van der Waals surface area contributed by atoms with Crippen molar-refractivity contribution in [3.8, 4) is 0 Å². The van der Waals surface area contributed by atoms with E-state index in [1.807, 2.05) is 0 Å². The molecule has 0 aliphatic rings. The minimum absolute atomic E-state index is 0.163. The number of nitrogen functional groups attached to an aromatic ring is 1. The Hall–Kier alpha value is -1.78. The summed E-state index contributed by atoms with van der Waals surface area (Å²) in [6, 6.07) is 1.03. The molecular weight excluding hydrogens is 294 g/mol. The van der Waals surface area contributed by atoms with Gasteiger partial charge in [-0.2, -0.15) is 26.3 Å². The van der Waals surface area contributed by atoms with Gasteiger partial charge in [-0.15, -0.1) is 0 Å². The largest absolute Gasteiger partial charge is 0.451 e. The smallest absolute Gasteiger partial charge is 0.384 e. The van der Waals surface area contributed by atoms with E-state index in [4.69, 9.17) is 5.73 Å². The van der Waals surface area contributed by atoms with E-state index in [1.165, 1.54) is 0 Å². The van der Waals surface area contributed by atoms with Crippen molar-refractivity contribution in [1.82, 2.24) is 9.97 Å². The average molecular weight is 304 g/mol. The van der Waals surface area contributed by atoms with Crippen molar-refractivity contribution >= 4 is 11.6 Å². The molecule has 0 spiro atoms. The van der Waals surface area contributed by atoms with Crippen molar-refractivity contribution < 1.29 is 31.1 Å². The Kier molecular flexibility index (Phi) is 4.98. The normalized spacial score (nSPS) is 12.5. The Morgan fingerprint density at radius 2 is 1.80 bits per heavy atom. The molecule has 0 aliphatic carbocycles. The van der Waals surface area contributed by atoms with Gasteiger partial charge in [0, 0.05) is 12.6 Å². The number of hydrogen-bond acceptors (Lipinski definition) is 5. The van der Waals surface area contributed by atoms with E-state index in [9.17, 15) is 26.3 Å². The van der Waals surface area contributed by atoms with E-state index < -0.39 is 30.6 Å². The topological polar surface area (TPSA) is 73.1 Å². The van der Waals surface area contributed by atoms with Crippen LogP contribution < -0.4 is 11.1 Å². The molecule has 5 nitrogen and oxygen atoms in total. The lowest BCUT2D eigenvalue weighted by atomic mass is 10.4. The number of aromatic nitrogens is 2. The van der Waals surface area contributed by atoms with Crippen LogP contribution in [0, 0.1) is 0 Å². The van der Waals surface area contributed by atoms with Gasteiger partial charge in [0.2, 0.25) is 5.82 Å². The number of hydrogen-bond donors (Lipinski definition) is 2. The summed E-state index contributed by atoms with van der Waals surface area (Å²) >= 11 is 0. The van der Waals surface area contributed by atoms with Crippen molar-refractivity contribution in [2.75, 3.05) is 30.8 Å². The van der Waals surface area contributed by atoms with Gasteiger partial charge in [0.1, 0.15) is 18.2 Å². The van der Waals surface area contributed by atoms with E-state index in [1.54, 1.807) is 0 Å². The number of alkyl halides is 6. The second-order valence-corrected chi connectivity index (χ2v) is 3.59. The molecular formula is C9H10F6N4O. The predicted octanol–water partition coefficient (Wildman–Crippen LogP) is 2.07. The van der Waals surface area contributed by atoms with Crippen LogP contribution in [0.5, 0.6) is 0 Å². The predicted molar refractivity (Wildman–Crippen MR) is 56.8 cm³/mol. The van der Waals surface area contributed by atoms with Gasteiger partial charge in [0.05, 0.1) is 6.61 Å². The summed E-state index contributed by atoms with van der Waals surface area (Å²) < 4.78 is 76.6. The molecule has 1 aromatic heterocycles. The SMILES string of the molecule is Nc1cc(NCCOCC(F)(F)F)nc(C(F)(F)F)n1. The fraction of sp³-hybridized carbons (Fsp3) is 0.556. The monoisotopic (exact) mass is 304 g/mol. The Morgan fingerprint density at radius 3 is 2.35 bits per heavy atom. The summed E-state index contributed by atoms with van der Waals surface area (Å²) in [5.74, 6) is -2.09. The molecule has 0 fully saturated rings. The molecule has 0 radical (unpaired) electrons. The quantitative estimate of drug-likeness (QED) is 0.643. The zero-order valence-electron chi connectivity index (χ0n) is 9.85. The maximum Gasteiger partial charge on any atom is 0.451 e. The molecule has 0 amide bonds. The van der Waals surface area contributed by atoms with E-state index in [2.05, 4.69) is 20.0 Å². The van der Waals surface area contributed by atoms with Crippen LogP contribution in [-0.4, -0.2) is 35.9 Å². The number of anilines is 2. The lowest BCUT2D eigenvalue weighted by Gasteiger charge is -2.11. The van der Waals surface area contributed by atoms with Crippen molar-refractivity contribution in [3.63, 3.8) is 0 Å². The number of ether oxygens (including phenoxy) is 1. The van der Waals surface area contributed by atoms with Gasteiger partial charge < -0.3 is 15.8 Å². The Balaban J connectivity index is 2.50. The second kappa shape index (κ2) is 6.11. The molecule has 114 valence electrons. The standard InChI is InChI=1S/C9H10F6N4O/c10-8(11,12)4-20-2-1-17-6-3-5(16)18-7(19-6)9(13,14)15/h3H,1-2,4H2,(H3,16,17,18,19). The molecule has 11 heteroatoms. The van der Waals surface area contributed by atoms with Crippen molar-refractivity contribution in [1.29, 1.82) is 0 Å². The fourth-order valence-corrected chi connectivity index (χ4v) is 1.12. The molecule has 1 rings (SSSR count). The van der Waals surface area contributed by atoms with Crippen LogP contribution in [0.4, 0.5) is 38.0 Å². The first-order chi connectivity index (χ1) is 9.08. The summed E-state index contributed by atoms with van der Waals surface area (Å²) in [7, 11) is 0. The van der Waals surface area contributed by atoms with Gasteiger partial charge in [-0.25, -0.2) is 9.97 Å². The Bertz CT molecular complexity index is 447. The highest BCUT2D eigenvalue weighted by atomic mass is 19.4. The van der Waals surface area contributed by atoms with Gasteiger partial charge >= 0.3 is 12.4 Å². The first-order valence-corrected chi connectivity index (χ1v) is 5.18. The highest BCUT2D eigenvalue weighted by Crippen LogP contribution is 2.27. The molecule has 0 atom stereocenters. The molecule has 1 aromatic rings. The van der Waals surface area contributed by atoms with Crippen LogP contribution in [0.2, 0.25) is 0 Å². The first kappa shape index (κ1) is 16.3. The van der Waals surface area contributed by atoms with Crippen molar-refractivity contribution in [2.45, 2.75) is 12.4 Å². The number of halogens is 6. The lowest BCUT2D eigenvalue weighted by Crippen LogP contribution is -2.21. The zero-order chi connectivity index (χ0) is 15.4. The zero-order valence-corrected chi connectivity index (χ0v) is 9.85. The highest BCUT2D eigenvalue weighted by Gasteiger charge is 2.35. The Morgan fingerprint density at radius 1 is 1.15 bits per heavy atom. The molecule has 0 aromatic carbocycles. The molecule has 20 heavy (non-hydrogen) atoms. The van der Waals surface area contributed by atoms with E-state index in [0.717, 1.165) is 6.07 Å². The third-order valence-corrected chi connectivity index (χ3v) is 1.82. The molecule has 0 saturated carbocycles. The average Bonchev–Trinajstić information content (AvgIpc) is 2.25. The van der Waals surface area contributed by atoms with Crippen LogP contribution in [0.15, 0.2) is 6.07 Å². The van der Waals surface area contributed by atoms with Crippen LogP contribution in [0.1, 0.15) is 5.82 Å². The molecule has 3 N–H and O–H groups in total. The molecule has 0 aliphatic heterocycles. The number of nitrogens with two attached hydrogens (primary N) is 1. The summed E-state index contributed by atoms with van der Waals surface area (Å²) in [6.07, 6.45) is -9.22. The third-order valence-electron chi connectivity index (χ3n) is 1.82. The maximum atomic E-state index is 12.4. The van der Waals surface area contributed by atoms with Crippen molar-refractivity contribution in [3.05, 3.63) is 11.9 Å². The number of rotatable bonds is 5. The molecule has 0 unspecified atom stereocenters. The van der Waals surface area contributed by atoms with Crippen LogP contribution in [0.3, 0.4) is 0 Å². The first-order valence-electron chi connectivity index (χ1n) is 5.18. The third kappa shape index (κ3) is 5.91. The van der Waals surface area contributed by atoms with Crippen LogP contribution in [0.25, 0.3) is 0 Å². The van der Waals surface area contributed by atoms with E-state index >= 15 is 0 Å². The molecule has 0 saturated heterocycles. The second-order valence-electron chi connectivity index (χ2n) is 3.59. The van der Waals surface area contributed by atoms with Gasteiger partial charge in [0.25, 0.3) is 0 Å². The summed E-state index contributed by atoms with van der Waals surface area (Å²) in [5, 5.41) is 2.36. The molecule has 1 heterocycles. The van der Waals surface area contributed by atoms with E-state index in [-0.39, 0.29) is 19.0 Å². The molecule has 0 bridgehead atoms. The number of nitrogens with zero attached hydrogens (tertiary/aromatic N) is 2. The number of nitrogens with one attached hydrogen (secondary N) is 1. The van der Waals surface area contributed by atoms with Gasteiger partial charge in [0.15, 0.2) is 0 Å². The minimum Gasteiger partial charge on any atom is -0.384 e. The van der Waals surface area contributed by atoms with Gasteiger partial charge in [-0.05, 0) is 0 Å². The van der Waals surface area contributed by atoms with Crippen LogP contribution in [-0.2, 0) is 10.9 Å². The highest BCUT2D eigenvalue weighted by molar-refractivity contribution is 5.44. The van der Waals surface area contributed by atoms with Crippen molar-refractivity contribution in [2.24, 2.45) is 0 Å². The summed E-state index contributed by atoms with van der Waals surface area (Å²) in [5.41, 5.74) is 5.17. The summed E-state index contributed by atoms with van der Waals surface area (Å²) in [6.45, 7) is -1.96. The maximum absolute atomic E-state index is 12.4. The Labute approximate surface area is 109 Å². The minimum atomic E-state index is -4.77.